The first-order chi connectivity index (χ1) is 38.1. The van der Waals surface area contributed by atoms with Gasteiger partial charge in [0, 0.05) is 10.8 Å². The molecule has 0 atom stereocenters. The van der Waals surface area contributed by atoms with E-state index in [1.165, 1.54) is 19.2 Å². The van der Waals surface area contributed by atoms with Gasteiger partial charge in [-0.1, -0.05) is 118 Å². The molecule has 0 spiro atoms. The van der Waals surface area contributed by atoms with Crippen LogP contribution in [0.15, 0.2) is 91.0 Å². The number of hydrogen-bond donors (Lipinski definition) is 2. The van der Waals surface area contributed by atoms with Gasteiger partial charge < -0.3 is 24.3 Å². The average Bonchev–Trinajstić information content (AvgIpc) is 3.91. The predicted molar refractivity (Wildman–Crippen MR) is 295 cm³/mol. The van der Waals surface area contributed by atoms with Gasteiger partial charge in [-0.25, -0.2) is 4.39 Å². The van der Waals surface area contributed by atoms with Crippen LogP contribution in [-0.4, -0.2) is 77.5 Å². The second-order valence-corrected chi connectivity index (χ2v) is 22.8. The summed E-state index contributed by atoms with van der Waals surface area (Å²) in [6, 6.07) is 26.8. The number of aliphatic hydroxyl groups is 2. The van der Waals surface area contributed by atoms with Gasteiger partial charge in [0.2, 0.25) is 0 Å². The van der Waals surface area contributed by atoms with Gasteiger partial charge in [0.15, 0.2) is 0 Å². The largest absolute Gasteiger partial charge is 0.495 e. The third-order valence-electron chi connectivity index (χ3n) is 17.6. The Labute approximate surface area is 478 Å². The van der Waals surface area contributed by atoms with Gasteiger partial charge >= 0.3 is 37.8 Å². The number of benzene rings is 5. The van der Waals surface area contributed by atoms with E-state index in [1.807, 2.05) is 91.8 Å². The van der Waals surface area contributed by atoms with Crippen molar-refractivity contribution in [3.8, 4) is 11.1 Å². The fourth-order valence-corrected chi connectivity index (χ4v) is 11.1. The van der Waals surface area contributed by atoms with E-state index in [0.717, 1.165) is 57.2 Å². The molecule has 1 aliphatic heterocycles. The number of rotatable bonds is 18. The zero-order valence-corrected chi connectivity index (χ0v) is 49.0. The molecule has 5 aromatic carbocycles. The Morgan fingerprint density at radius 2 is 0.855 bits per heavy atom. The highest BCUT2D eigenvalue weighted by Crippen LogP contribution is 2.49. The second-order valence-electron chi connectivity index (χ2n) is 22.8. The monoisotopic (exact) mass is 1180 g/mol. The smallest absolute Gasteiger partial charge is 0.469 e. The second kappa shape index (κ2) is 24.9. The van der Waals surface area contributed by atoms with E-state index in [-0.39, 0.29) is 17.5 Å². The molecule has 0 aliphatic carbocycles. The van der Waals surface area contributed by atoms with Crippen molar-refractivity contribution < 1.29 is 86.1 Å². The lowest BCUT2D eigenvalue weighted by Crippen LogP contribution is -2.57. The number of carbonyl (C=O) groups is 1. The molecule has 6 rings (SSSR count). The molecule has 5 aromatic rings. The van der Waals surface area contributed by atoms with Crippen LogP contribution in [0.1, 0.15) is 155 Å². The first-order valence-corrected chi connectivity index (χ1v) is 27.4. The van der Waals surface area contributed by atoms with Crippen LogP contribution in [0.4, 0.5) is 57.1 Å². The quantitative estimate of drug-likeness (QED) is 0.0517. The molecular weight excluding hydrogens is 1110 g/mol. The summed E-state index contributed by atoms with van der Waals surface area (Å²) in [6.07, 6.45) is -25.1. The van der Waals surface area contributed by atoms with Crippen LogP contribution in [-0.2, 0) is 48.9 Å². The Balaban J connectivity index is 0.000000305. The third-order valence-corrected chi connectivity index (χ3v) is 17.6. The van der Waals surface area contributed by atoms with E-state index in [0.29, 0.717) is 35.1 Å². The van der Waals surface area contributed by atoms with Gasteiger partial charge in [0.05, 0.1) is 24.7 Å². The number of methoxy groups -OCH3 is 1. The summed E-state index contributed by atoms with van der Waals surface area (Å²) in [5, 5.41) is 19.1. The third kappa shape index (κ3) is 13.7. The van der Waals surface area contributed by atoms with Crippen LogP contribution in [0, 0.1) is 33.5 Å². The Hall–Kier alpha value is -5.44. The molecule has 0 bridgehead atoms. The number of esters is 1. The Kier molecular flexibility index (Phi) is 20.5. The Morgan fingerprint density at radius 3 is 1.18 bits per heavy atom. The van der Waals surface area contributed by atoms with Gasteiger partial charge in [-0.05, 0) is 185 Å². The van der Waals surface area contributed by atoms with Crippen molar-refractivity contribution in [1.82, 2.24) is 0 Å². The SMILES string of the molecule is CCC(CC)(c1ccc(CCC(O)(C(F)(F)F)C(F)(F)F)c(C)c1)c1ccc(-c2ccc(CC(=O)OC)c(F)c2)c(C)c1.CCC(CC)(c1ccc(CCC(O)(C(F)(F)F)C(F)(F)F)c(C)c1)c1ccc(B2OC(C)(C)C(C)(C)O2)c(C)c1. The van der Waals surface area contributed by atoms with E-state index < -0.39 is 103 Å². The van der Waals surface area contributed by atoms with Crippen molar-refractivity contribution in [2.75, 3.05) is 7.11 Å². The summed E-state index contributed by atoms with van der Waals surface area (Å²) in [5.41, 5.74) is -1.55. The lowest BCUT2D eigenvalue weighted by molar-refractivity contribution is -0.370. The minimum absolute atomic E-state index is 0.181. The number of alkyl halides is 12. The molecule has 6 nitrogen and oxygen atoms in total. The molecule has 83 heavy (non-hydrogen) atoms. The highest BCUT2D eigenvalue weighted by molar-refractivity contribution is 6.62. The Bertz CT molecular complexity index is 3030. The zero-order valence-electron chi connectivity index (χ0n) is 49.0. The van der Waals surface area contributed by atoms with Crippen molar-refractivity contribution in [3.05, 3.63) is 158 Å². The molecule has 2 N–H and O–H groups in total. The molecule has 1 aliphatic rings. The molecule has 1 fully saturated rings. The average molecular weight is 1190 g/mol. The van der Waals surface area contributed by atoms with Crippen molar-refractivity contribution >= 4 is 18.6 Å². The normalized spacial score (nSPS) is 15.3. The maximum Gasteiger partial charge on any atom is 0.495 e. The molecular formula is C63H74BF13O6. The van der Waals surface area contributed by atoms with Crippen LogP contribution in [0.2, 0.25) is 0 Å². The molecule has 456 valence electrons. The van der Waals surface area contributed by atoms with E-state index in [2.05, 4.69) is 24.7 Å². The van der Waals surface area contributed by atoms with Crippen molar-refractivity contribution in [3.63, 3.8) is 0 Å². The number of halogens is 13. The minimum Gasteiger partial charge on any atom is -0.469 e. The lowest BCUT2D eigenvalue weighted by atomic mass is 9.67. The highest BCUT2D eigenvalue weighted by Gasteiger charge is 2.70. The number of aryl methyl sites for hydroxylation is 6. The summed E-state index contributed by atoms with van der Waals surface area (Å²) in [5.74, 6) is -1.07. The Morgan fingerprint density at radius 1 is 0.506 bits per heavy atom. The molecule has 1 saturated heterocycles. The van der Waals surface area contributed by atoms with Crippen LogP contribution in [0.5, 0.6) is 0 Å². The van der Waals surface area contributed by atoms with E-state index >= 15 is 0 Å². The van der Waals surface area contributed by atoms with Gasteiger partial charge in [-0.15, -0.1) is 0 Å². The summed E-state index contributed by atoms with van der Waals surface area (Å²) < 4.78 is 190. The van der Waals surface area contributed by atoms with Crippen LogP contribution >= 0.6 is 0 Å². The van der Waals surface area contributed by atoms with Crippen LogP contribution < -0.4 is 5.46 Å². The number of hydrogen-bond acceptors (Lipinski definition) is 6. The molecule has 0 unspecified atom stereocenters. The molecule has 0 aromatic heterocycles. The fourth-order valence-electron chi connectivity index (χ4n) is 11.1. The van der Waals surface area contributed by atoms with Crippen LogP contribution in [0.25, 0.3) is 11.1 Å². The summed E-state index contributed by atoms with van der Waals surface area (Å²) in [6.45, 7) is 23.3. The van der Waals surface area contributed by atoms with Crippen LogP contribution in [0.3, 0.4) is 0 Å². The zero-order chi connectivity index (χ0) is 62.9. The lowest BCUT2D eigenvalue weighted by Gasteiger charge is -2.35. The van der Waals surface area contributed by atoms with Gasteiger partial charge in [-0.3, -0.25) is 4.79 Å². The van der Waals surface area contributed by atoms with Crippen molar-refractivity contribution in [2.45, 2.75) is 199 Å². The van der Waals surface area contributed by atoms with Gasteiger partial charge in [-0.2, -0.15) is 52.7 Å². The standard InChI is InChI=1S/C33H35F7O3.C30H39BF6O3/c1-6-30(7-2,25-11-10-22(20(3)16-25)14-15-31(42,32(35,36)37)33(38,39)40)26-12-13-27(21(4)17-26)23-8-9-24(28(34)18-23)19-29(41)43-5;1-9-27(10-2,23-13-14-24(20(4)18-23)31-39-25(5,6)26(7,8)40-31)22-12-11-21(19(3)17-22)15-16-28(38,29(32,33)34)30(35,36)37/h8-13,16-18,42H,6-7,14-15,19H2,1-5H3;11-14,17-18,38H,9-10,15-16H2,1-8H3. The van der Waals surface area contributed by atoms with E-state index in [9.17, 15) is 72.1 Å². The van der Waals surface area contributed by atoms with E-state index in [4.69, 9.17) is 9.31 Å². The first-order valence-electron chi connectivity index (χ1n) is 27.4. The summed E-state index contributed by atoms with van der Waals surface area (Å²) in [4.78, 5) is 11.6. The minimum atomic E-state index is -5.86. The number of ether oxygens (including phenoxy) is 1. The van der Waals surface area contributed by atoms with Crippen molar-refractivity contribution in [1.29, 1.82) is 0 Å². The first kappa shape index (κ1) is 68.3. The fraction of sp³-hybridized carbons (Fsp3) is 0.508. The van der Waals surface area contributed by atoms with E-state index in [1.54, 1.807) is 50.2 Å². The molecule has 20 heteroatoms. The van der Waals surface area contributed by atoms with Gasteiger partial charge in [0.1, 0.15) is 5.82 Å². The molecule has 1 heterocycles. The van der Waals surface area contributed by atoms with Crippen molar-refractivity contribution in [2.24, 2.45) is 0 Å². The topological polar surface area (TPSA) is 85.2 Å². The highest BCUT2D eigenvalue weighted by atomic mass is 19.4. The maximum absolute atomic E-state index is 14.7. The molecule has 0 amide bonds. The summed E-state index contributed by atoms with van der Waals surface area (Å²) >= 11 is 0. The summed E-state index contributed by atoms with van der Waals surface area (Å²) in [7, 11) is 0.725. The number of carbonyl (C=O) groups excluding carboxylic acids is 1. The molecule has 0 saturated carbocycles. The van der Waals surface area contributed by atoms with Gasteiger partial charge in [0.25, 0.3) is 11.2 Å². The predicted octanol–water partition coefficient (Wildman–Crippen LogP) is 16.2. The molecule has 0 radical (unpaired) electrons. The maximum atomic E-state index is 14.7.